The molecule has 0 amide bonds. The van der Waals surface area contributed by atoms with E-state index in [4.69, 9.17) is 0 Å². The van der Waals surface area contributed by atoms with Gasteiger partial charge in [0.05, 0.1) is 0 Å². The van der Waals surface area contributed by atoms with Crippen LogP contribution in [0.5, 0.6) is 0 Å². The molecule has 0 spiro atoms. The van der Waals surface area contributed by atoms with Crippen molar-refractivity contribution in [2.75, 3.05) is 0 Å². The summed E-state index contributed by atoms with van der Waals surface area (Å²) in [6, 6.07) is 19.8. The third-order valence-electron chi connectivity index (χ3n) is 3.56. The van der Waals surface area contributed by atoms with Gasteiger partial charge in [-0.15, -0.1) is 0 Å². The van der Waals surface area contributed by atoms with Gasteiger partial charge in [0.25, 0.3) is 0 Å². The summed E-state index contributed by atoms with van der Waals surface area (Å²) in [5.41, 5.74) is 2.09. The molecule has 0 bridgehead atoms. The Balaban J connectivity index is 2.22. The van der Waals surface area contributed by atoms with Crippen molar-refractivity contribution in [3.05, 3.63) is 83.9 Å². The zero-order valence-electron chi connectivity index (χ0n) is 13.6. The molecule has 2 rings (SSSR count). The summed E-state index contributed by atoms with van der Waals surface area (Å²) < 4.78 is 0. The molecule has 0 aliphatic rings. The first-order valence-electron chi connectivity index (χ1n) is 7.78. The van der Waals surface area contributed by atoms with Gasteiger partial charge in [0.1, 0.15) is 0 Å². The quantitative estimate of drug-likeness (QED) is 0.514. The summed E-state index contributed by atoms with van der Waals surface area (Å²) in [7, 11) is 0. The van der Waals surface area contributed by atoms with Gasteiger partial charge in [-0.2, -0.15) is 0 Å². The summed E-state index contributed by atoms with van der Waals surface area (Å²) in [6.07, 6.45) is 4.87. The molecule has 1 heteroatoms. The van der Waals surface area contributed by atoms with Crippen LogP contribution in [0.1, 0.15) is 49.0 Å². The van der Waals surface area contributed by atoms with Crippen LogP contribution in [-0.2, 0) is 0 Å². The molecule has 0 saturated carbocycles. The highest BCUT2D eigenvalue weighted by Gasteiger charge is 2.16. The number of Topliss-reactive ketones (excluding diaryl/α,β-unsaturated/α-hetero) is 1. The topological polar surface area (TPSA) is 17.1 Å². The fraction of sp³-hybridized carbons (Fsp3) is 0.286. The van der Waals surface area contributed by atoms with Gasteiger partial charge in [-0.25, -0.2) is 0 Å². The van der Waals surface area contributed by atoms with Gasteiger partial charge in [0.2, 0.25) is 0 Å². The molecule has 2 aromatic carbocycles. The van der Waals surface area contributed by atoms with Gasteiger partial charge >= 0.3 is 0 Å². The lowest BCUT2D eigenvalue weighted by Crippen LogP contribution is -2.07. The second-order valence-corrected chi connectivity index (χ2v) is 6.74. The van der Waals surface area contributed by atoms with Crippen molar-refractivity contribution in [2.45, 2.75) is 33.1 Å². The molecular weight excluding hydrogens is 268 g/mol. The molecule has 0 radical (unpaired) electrons. The Morgan fingerprint density at radius 1 is 0.955 bits per heavy atom. The molecule has 0 aliphatic heterocycles. The van der Waals surface area contributed by atoms with E-state index >= 15 is 0 Å². The van der Waals surface area contributed by atoms with Crippen molar-refractivity contribution in [1.29, 1.82) is 0 Å². The molecule has 22 heavy (non-hydrogen) atoms. The first kappa shape index (κ1) is 16.2. The Bertz CT molecular complexity index is 618. The summed E-state index contributed by atoms with van der Waals surface area (Å²) in [4.78, 5) is 12.5. The van der Waals surface area contributed by atoms with Crippen molar-refractivity contribution in [1.82, 2.24) is 0 Å². The summed E-state index contributed by atoms with van der Waals surface area (Å²) >= 11 is 0. The molecule has 0 aromatic heterocycles. The minimum atomic E-state index is 0.114. The van der Waals surface area contributed by atoms with Crippen molar-refractivity contribution < 1.29 is 4.79 Å². The predicted octanol–water partition coefficient (Wildman–Crippen LogP) is 5.65. The van der Waals surface area contributed by atoms with Gasteiger partial charge in [0, 0.05) is 17.9 Å². The minimum Gasteiger partial charge on any atom is -0.294 e. The molecule has 114 valence electrons. The largest absolute Gasteiger partial charge is 0.294 e. The maximum absolute atomic E-state index is 12.5. The highest BCUT2D eigenvalue weighted by molar-refractivity contribution is 5.96. The normalized spacial score (nSPS) is 13.2. The third kappa shape index (κ3) is 5.00. The van der Waals surface area contributed by atoms with Crippen LogP contribution in [-0.4, -0.2) is 5.78 Å². The SMILES string of the molecule is CC(C)(C)/C=C/C(CC(=O)c1ccccc1)c1ccccc1. The standard InChI is InChI=1S/C21H24O/c1-21(2,3)15-14-19(17-10-6-4-7-11-17)16-20(22)18-12-8-5-9-13-18/h4-15,19H,16H2,1-3H3/b15-14+. The lowest BCUT2D eigenvalue weighted by Gasteiger charge is -2.17. The predicted molar refractivity (Wildman–Crippen MR) is 93.2 cm³/mol. The zero-order chi connectivity index (χ0) is 16.0. The van der Waals surface area contributed by atoms with Crippen molar-refractivity contribution in [3.63, 3.8) is 0 Å². The first-order chi connectivity index (χ1) is 10.5. The number of benzene rings is 2. The van der Waals surface area contributed by atoms with Crippen LogP contribution < -0.4 is 0 Å². The van der Waals surface area contributed by atoms with Crippen molar-refractivity contribution >= 4 is 5.78 Å². The number of carbonyl (C=O) groups excluding carboxylic acids is 1. The van der Waals surface area contributed by atoms with Gasteiger partial charge in [0.15, 0.2) is 5.78 Å². The van der Waals surface area contributed by atoms with Crippen LogP contribution in [0.15, 0.2) is 72.8 Å². The fourth-order valence-electron chi connectivity index (χ4n) is 2.34. The average molecular weight is 292 g/mol. The van der Waals surface area contributed by atoms with E-state index in [0.717, 1.165) is 5.56 Å². The highest BCUT2D eigenvalue weighted by Crippen LogP contribution is 2.26. The lowest BCUT2D eigenvalue weighted by atomic mass is 9.88. The Kier molecular flexibility index (Phi) is 5.32. The van der Waals surface area contributed by atoms with E-state index in [1.807, 2.05) is 48.5 Å². The van der Waals surface area contributed by atoms with Crippen LogP contribution in [0, 0.1) is 5.41 Å². The maximum atomic E-state index is 12.5. The van der Waals surface area contributed by atoms with E-state index in [1.54, 1.807) is 0 Å². The molecule has 1 nitrogen and oxygen atoms in total. The number of hydrogen-bond acceptors (Lipinski definition) is 1. The average Bonchev–Trinajstić information content (AvgIpc) is 2.52. The molecule has 1 atom stereocenters. The number of allylic oxidation sites excluding steroid dienone is 2. The number of carbonyl (C=O) groups is 1. The van der Waals surface area contributed by atoms with Crippen molar-refractivity contribution in [2.24, 2.45) is 5.41 Å². The second kappa shape index (κ2) is 7.22. The van der Waals surface area contributed by atoms with E-state index in [9.17, 15) is 4.79 Å². The molecular formula is C21H24O. The molecule has 0 fully saturated rings. The smallest absolute Gasteiger partial charge is 0.163 e. The fourth-order valence-corrected chi connectivity index (χ4v) is 2.34. The highest BCUT2D eigenvalue weighted by atomic mass is 16.1. The monoisotopic (exact) mass is 292 g/mol. The van der Waals surface area contributed by atoms with Crippen LogP contribution >= 0.6 is 0 Å². The third-order valence-corrected chi connectivity index (χ3v) is 3.56. The van der Waals surface area contributed by atoms with Crippen LogP contribution in [0.25, 0.3) is 0 Å². The second-order valence-electron chi connectivity index (χ2n) is 6.74. The zero-order valence-corrected chi connectivity index (χ0v) is 13.6. The maximum Gasteiger partial charge on any atom is 0.163 e. The Hall–Kier alpha value is -2.15. The lowest BCUT2D eigenvalue weighted by molar-refractivity contribution is 0.0978. The summed E-state index contributed by atoms with van der Waals surface area (Å²) in [5, 5.41) is 0. The van der Waals surface area contributed by atoms with Crippen LogP contribution in [0.3, 0.4) is 0 Å². The Morgan fingerprint density at radius 3 is 2.05 bits per heavy atom. The number of ketones is 1. The molecule has 1 unspecified atom stereocenters. The first-order valence-corrected chi connectivity index (χ1v) is 7.78. The van der Waals surface area contributed by atoms with E-state index in [0.29, 0.717) is 6.42 Å². The van der Waals surface area contributed by atoms with Gasteiger partial charge < -0.3 is 0 Å². The molecule has 0 aliphatic carbocycles. The van der Waals surface area contributed by atoms with E-state index in [-0.39, 0.29) is 17.1 Å². The molecule has 0 N–H and O–H groups in total. The van der Waals surface area contributed by atoms with E-state index in [1.165, 1.54) is 5.56 Å². The minimum absolute atomic E-state index is 0.114. The van der Waals surface area contributed by atoms with Gasteiger partial charge in [-0.3, -0.25) is 4.79 Å². The Labute approximate surface area is 133 Å². The van der Waals surface area contributed by atoms with Crippen LogP contribution in [0.4, 0.5) is 0 Å². The van der Waals surface area contributed by atoms with Crippen molar-refractivity contribution in [3.8, 4) is 0 Å². The molecule has 2 aromatic rings. The summed E-state index contributed by atoms with van der Waals surface area (Å²) in [6.45, 7) is 6.51. The van der Waals surface area contributed by atoms with E-state index in [2.05, 4.69) is 45.1 Å². The van der Waals surface area contributed by atoms with Gasteiger partial charge in [-0.1, -0.05) is 93.6 Å². The van der Waals surface area contributed by atoms with Crippen LogP contribution in [0.2, 0.25) is 0 Å². The number of hydrogen-bond donors (Lipinski definition) is 0. The molecule has 0 heterocycles. The van der Waals surface area contributed by atoms with Gasteiger partial charge in [-0.05, 0) is 11.0 Å². The summed E-state index contributed by atoms with van der Waals surface area (Å²) in [5.74, 6) is 0.307. The number of rotatable bonds is 5. The molecule has 0 saturated heterocycles. The van der Waals surface area contributed by atoms with E-state index < -0.39 is 0 Å². The Morgan fingerprint density at radius 2 is 1.50 bits per heavy atom.